The van der Waals surface area contributed by atoms with Gasteiger partial charge in [-0.2, -0.15) is 11.8 Å². The van der Waals surface area contributed by atoms with Crippen LogP contribution in [0.15, 0.2) is 5.03 Å². The molecule has 0 saturated carbocycles. The third-order valence-electron chi connectivity index (χ3n) is 1.06. The Kier molecular flexibility index (Phi) is 8.35. The second-order valence-electron chi connectivity index (χ2n) is 1.80. The average molecular weight is 368 g/mol. The molecule has 2 nitrogen and oxygen atoms in total. The minimum absolute atomic E-state index is 0.847. The van der Waals surface area contributed by atoms with Crippen LogP contribution in [-0.4, -0.2) is 15.3 Å². The summed E-state index contributed by atoms with van der Waals surface area (Å²) in [6.45, 7) is 2.13. The van der Waals surface area contributed by atoms with Gasteiger partial charge in [0.05, 0.1) is 0 Å². The van der Waals surface area contributed by atoms with Gasteiger partial charge in [0, 0.05) is 6.33 Å². The molecule has 1 rings (SSSR count). The molecule has 1 heterocycles. The standard InChI is InChI=1S/C6H8IN2S.ClH.Zn/c1-3-10-6-5(7)8-4-9(6)2;;/h3H2,1-2H3;1H;/q-1;;+2/p-1. The average Bonchev–Trinajstić information content (AvgIpc) is 2.40. The normalized spacial score (nSPS) is 9.17. The van der Waals surface area contributed by atoms with Crippen LogP contribution in [0.2, 0.25) is 0 Å². The second-order valence-corrected chi connectivity index (χ2v) is 4.07. The molecule has 0 saturated heterocycles. The molecule has 0 aromatic carbocycles. The van der Waals surface area contributed by atoms with E-state index in [9.17, 15) is 0 Å². The maximum absolute atomic E-state index is 4.76. The van der Waals surface area contributed by atoms with Crippen LogP contribution in [-0.2, 0) is 24.4 Å². The fraction of sp³-hybridized carbons (Fsp3) is 0.500. The Hall–Kier alpha value is 1.20. The summed E-state index contributed by atoms with van der Waals surface area (Å²) in [7, 11) is 6.73. The third-order valence-corrected chi connectivity index (χ3v) is 3.21. The van der Waals surface area contributed by atoms with Crippen LogP contribution in [0.1, 0.15) is 6.92 Å². The molecular formula is C6H8ClIN2SZn. The van der Waals surface area contributed by atoms with E-state index in [0.29, 0.717) is 0 Å². The van der Waals surface area contributed by atoms with Crippen molar-refractivity contribution in [1.82, 2.24) is 9.55 Å². The summed E-state index contributed by atoms with van der Waals surface area (Å²) >= 11 is 4.86. The Labute approximate surface area is 105 Å². The number of imidazole rings is 1. The van der Waals surface area contributed by atoms with Crippen molar-refractivity contribution >= 4 is 44.0 Å². The number of rotatable bonds is 2. The molecule has 0 bridgehead atoms. The van der Waals surface area contributed by atoms with E-state index in [-0.39, 0.29) is 0 Å². The summed E-state index contributed by atoms with van der Waals surface area (Å²) in [4.78, 5) is 4.04. The third kappa shape index (κ3) is 3.94. The Bertz CT molecular complexity index is 212. The van der Waals surface area contributed by atoms with Gasteiger partial charge in [0.1, 0.15) is 0 Å². The number of nitrogens with zero attached hydrogens (tertiary/aromatic N) is 2. The maximum atomic E-state index is 4.76. The van der Waals surface area contributed by atoms with Gasteiger partial charge in [-0.1, -0.05) is 6.92 Å². The van der Waals surface area contributed by atoms with Gasteiger partial charge in [0.25, 0.3) is 0 Å². The number of hydrogen-bond acceptors (Lipinski definition) is 2. The first-order valence-electron chi connectivity index (χ1n) is 3.25. The summed E-state index contributed by atoms with van der Waals surface area (Å²) in [6, 6.07) is 0. The van der Waals surface area contributed by atoms with Crippen molar-refractivity contribution in [3.05, 3.63) is 10.0 Å². The van der Waals surface area contributed by atoms with Gasteiger partial charge in [0.2, 0.25) is 0 Å². The Morgan fingerprint density at radius 1 is 1.75 bits per heavy atom. The predicted octanol–water partition coefficient (Wildman–Crippen LogP) is 2.62. The molecule has 0 spiro atoms. The molecule has 12 heavy (non-hydrogen) atoms. The minimum atomic E-state index is 0.847. The quantitative estimate of drug-likeness (QED) is 0.346. The summed E-state index contributed by atoms with van der Waals surface area (Å²) in [6.07, 6.45) is 2.86. The van der Waals surface area contributed by atoms with E-state index in [0.717, 1.165) is 26.8 Å². The number of hydrogen-bond donors (Lipinski definition) is 0. The van der Waals surface area contributed by atoms with E-state index in [1.165, 1.54) is 5.03 Å². The van der Waals surface area contributed by atoms with Crippen LogP contribution in [0, 0.1) is 10.0 Å². The van der Waals surface area contributed by atoms with Crippen LogP contribution >= 0.6 is 44.0 Å². The van der Waals surface area contributed by atoms with Gasteiger partial charge < -0.3 is 9.55 Å². The number of halogens is 2. The zero-order chi connectivity index (χ0) is 9.56. The molecule has 64 valence electrons. The van der Waals surface area contributed by atoms with E-state index < -0.39 is 0 Å². The molecule has 0 radical (unpaired) electrons. The van der Waals surface area contributed by atoms with Gasteiger partial charge in [-0.3, -0.25) is 0 Å². The van der Waals surface area contributed by atoms with Gasteiger partial charge in [-0.25, -0.2) is 0 Å². The molecule has 0 atom stereocenters. The van der Waals surface area contributed by atoms with E-state index >= 15 is 0 Å². The Morgan fingerprint density at radius 3 is 2.67 bits per heavy atom. The van der Waals surface area contributed by atoms with Gasteiger partial charge in [-0.05, 0) is 21.5 Å². The summed E-state index contributed by atoms with van der Waals surface area (Å²) in [5.74, 6) is 1.09. The molecule has 0 unspecified atom stereocenters. The summed E-state index contributed by atoms with van der Waals surface area (Å²) < 4.78 is 2.97. The van der Waals surface area contributed by atoms with Crippen molar-refractivity contribution in [1.29, 1.82) is 0 Å². The van der Waals surface area contributed by atoms with Crippen LogP contribution in [0.25, 0.3) is 0 Å². The molecule has 0 fully saturated rings. The fourth-order valence-electron chi connectivity index (χ4n) is 0.644. The molecule has 1 aromatic heterocycles. The number of thioether (sulfide) groups is 1. The Morgan fingerprint density at radius 2 is 2.33 bits per heavy atom. The monoisotopic (exact) mass is 366 g/mol. The van der Waals surface area contributed by atoms with Crippen molar-refractivity contribution in [2.75, 3.05) is 5.75 Å². The predicted molar refractivity (Wildman–Crippen MR) is 57.0 cm³/mol. The molecule has 0 aliphatic rings. The topological polar surface area (TPSA) is 17.8 Å². The van der Waals surface area contributed by atoms with Crippen molar-refractivity contribution in [3.8, 4) is 0 Å². The molecule has 0 aliphatic carbocycles. The molecule has 0 aliphatic heterocycles. The SMILES string of the molecule is CCSc1c(I)n[c-]n1C.[Cl][Zn+]. The van der Waals surface area contributed by atoms with Crippen LogP contribution in [0.3, 0.4) is 0 Å². The summed E-state index contributed by atoms with van der Waals surface area (Å²) in [5.41, 5.74) is 0. The molecule has 6 heteroatoms. The van der Waals surface area contributed by atoms with E-state index in [1.54, 1.807) is 11.8 Å². The summed E-state index contributed by atoms with van der Waals surface area (Å²) in [5, 5.41) is 1.21. The zero-order valence-corrected chi connectivity index (χ0v) is 13.7. The van der Waals surface area contributed by atoms with Crippen molar-refractivity contribution in [2.45, 2.75) is 11.9 Å². The van der Waals surface area contributed by atoms with Crippen LogP contribution in [0.5, 0.6) is 0 Å². The first-order valence-corrected chi connectivity index (χ1v) is 9.21. The van der Waals surface area contributed by atoms with Gasteiger partial charge in [0.15, 0.2) is 0 Å². The molecule has 0 amide bonds. The molecule has 1 aromatic rings. The van der Waals surface area contributed by atoms with Crippen LogP contribution < -0.4 is 0 Å². The molecule has 0 N–H and O–H groups in total. The number of aromatic nitrogens is 2. The van der Waals surface area contributed by atoms with Gasteiger partial charge in [-0.15, -0.1) is 22.6 Å². The van der Waals surface area contributed by atoms with Crippen LogP contribution in [0.4, 0.5) is 0 Å². The number of aryl methyl sites for hydroxylation is 1. The first kappa shape index (κ1) is 13.2. The fourth-order valence-corrected chi connectivity index (χ4v) is 2.25. The molecular weight excluding hydrogens is 360 g/mol. The van der Waals surface area contributed by atoms with E-state index in [4.69, 9.17) is 9.69 Å². The van der Waals surface area contributed by atoms with Crippen molar-refractivity contribution in [2.24, 2.45) is 7.05 Å². The van der Waals surface area contributed by atoms with E-state index in [2.05, 4.69) is 40.8 Å². The second kappa shape index (κ2) is 7.59. The first-order chi connectivity index (χ1) is 5.75. The van der Waals surface area contributed by atoms with Crippen molar-refractivity contribution < 1.29 is 17.3 Å². The zero-order valence-electron chi connectivity index (χ0n) is 6.97. The Balaban J connectivity index is 0.000000561. The van der Waals surface area contributed by atoms with E-state index in [1.807, 2.05) is 11.6 Å². The van der Waals surface area contributed by atoms with Gasteiger partial charge >= 0.3 is 27.0 Å². The van der Waals surface area contributed by atoms with Crippen molar-refractivity contribution in [3.63, 3.8) is 0 Å².